The molecular formula is C25H27ClO4. The molecule has 2 aliphatic rings. The zero-order valence-corrected chi connectivity index (χ0v) is 18.1. The second-order valence-corrected chi connectivity index (χ2v) is 8.93. The van der Waals surface area contributed by atoms with Gasteiger partial charge in [-0.25, -0.2) is 0 Å². The van der Waals surface area contributed by atoms with Crippen LogP contribution in [0.1, 0.15) is 37.3 Å². The molecule has 0 spiro atoms. The lowest BCUT2D eigenvalue weighted by atomic mass is 9.81. The zero-order valence-electron chi connectivity index (χ0n) is 17.4. The van der Waals surface area contributed by atoms with Gasteiger partial charge in [-0.15, -0.1) is 0 Å². The molecule has 2 aromatic carbocycles. The van der Waals surface area contributed by atoms with E-state index in [2.05, 4.69) is 6.92 Å². The molecule has 0 amide bonds. The molecule has 1 aliphatic heterocycles. The minimum Gasteiger partial charge on any atom is -0.512 e. The second-order valence-electron chi connectivity index (χ2n) is 8.49. The molecule has 0 saturated carbocycles. The predicted octanol–water partition coefficient (Wildman–Crippen LogP) is 5.96. The molecule has 1 atom stereocenters. The van der Waals surface area contributed by atoms with Crippen LogP contribution in [0, 0.1) is 18.8 Å². The van der Waals surface area contributed by atoms with Crippen LogP contribution in [-0.2, 0) is 14.3 Å². The Morgan fingerprint density at radius 3 is 2.37 bits per heavy atom. The first kappa shape index (κ1) is 21.1. The van der Waals surface area contributed by atoms with Crippen molar-refractivity contribution in [2.24, 2.45) is 11.8 Å². The van der Waals surface area contributed by atoms with Crippen molar-refractivity contribution in [2.45, 2.75) is 39.4 Å². The zero-order chi connectivity index (χ0) is 21.3. The summed E-state index contributed by atoms with van der Waals surface area (Å²) < 4.78 is 11.5. The number of rotatable bonds is 4. The molecular weight excluding hydrogens is 400 g/mol. The van der Waals surface area contributed by atoms with Gasteiger partial charge in [0.1, 0.15) is 5.76 Å². The van der Waals surface area contributed by atoms with Crippen LogP contribution in [0.5, 0.6) is 0 Å². The van der Waals surface area contributed by atoms with Gasteiger partial charge in [0.25, 0.3) is 0 Å². The molecule has 1 unspecified atom stereocenters. The van der Waals surface area contributed by atoms with Crippen LogP contribution in [-0.4, -0.2) is 30.4 Å². The summed E-state index contributed by atoms with van der Waals surface area (Å²) in [6, 6.07) is 13.6. The Kier molecular flexibility index (Phi) is 6.28. The maximum absolute atomic E-state index is 13.0. The number of aryl methyl sites for hydroxylation is 1. The highest BCUT2D eigenvalue weighted by Gasteiger charge is 2.32. The molecule has 1 heterocycles. The minimum atomic E-state index is -0.289. The number of aliphatic hydroxyl groups excluding tert-OH is 1. The van der Waals surface area contributed by atoms with Gasteiger partial charge in [0.2, 0.25) is 0 Å². The van der Waals surface area contributed by atoms with E-state index in [4.69, 9.17) is 21.1 Å². The topological polar surface area (TPSA) is 55.8 Å². The highest BCUT2D eigenvalue weighted by molar-refractivity contribution is 6.30. The third-order valence-electron chi connectivity index (χ3n) is 5.87. The van der Waals surface area contributed by atoms with E-state index in [1.807, 2.05) is 49.4 Å². The Morgan fingerprint density at radius 2 is 1.70 bits per heavy atom. The largest absolute Gasteiger partial charge is 0.512 e. The second kappa shape index (κ2) is 8.93. The molecule has 1 aliphatic carbocycles. The monoisotopic (exact) mass is 426 g/mol. The number of hydrogen-bond donors (Lipinski definition) is 1. The molecule has 5 heteroatoms. The summed E-state index contributed by atoms with van der Waals surface area (Å²) in [5.74, 6) is 0.561. The standard InChI is InChI=1S/C25H27ClO4/c1-15-13-29-24(30-14-15)11-17-9-22(27)25(23(28)10-17)21-12-19(4-3-16(21)2)18-5-7-20(26)8-6-18/h3-8,12,15,17,24,27H,9-11,13-14H2,1-2H3. The third kappa shape index (κ3) is 4.61. The third-order valence-corrected chi connectivity index (χ3v) is 6.12. The molecule has 1 fully saturated rings. The summed E-state index contributed by atoms with van der Waals surface area (Å²) in [4.78, 5) is 13.0. The van der Waals surface area contributed by atoms with Crippen molar-refractivity contribution in [3.8, 4) is 11.1 Å². The lowest BCUT2D eigenvalue weighted by molar-refractivity contribution is -0.205. The maximum atomic E-state index is 13.0. The van der Waals surface area contributed by atoms with E-state index in [-0.39, 0.29) is 23.8 Å². The number of hydrogen-bond acceptors (Lipinski definition) is 4. The normalized spacial score (nSPS) is 24.9. The van der Waals surface area contributed by atoms with Crippen LogP contribution < -0.4 is 0 Å². The summed E-state index contributed by atoms with van der Waals surface area (Å²) in [6.07, 6.45) is 1.19. The van der Waals surface area contributed by atoms with E-state index < -0.39 is 0 Å². The molecule has 4 rings (SSSR count). The average Bonchev–Trinajstić information content (AvgIpc) is 2.71. The van der Waals surface area contributed by atoms with Gasteiger partial charge in [0, 0.05) is 30.2 Å². The van der Waals surface area contributed by atoms with Gasteiger partial charge >= 0.3 is 0 Å². The van der Waals surface area contributed by atoms with Crippen LogP contribution in [0.2, 0.25) is 5.02 Å². The van der Waals surface area contributed by atoms with Gasteiger partial charge in [-0.2, -0.15) is 0 Å². The Labute approximate surface area is 182 Å². The summed E-state index contributed by atoms with van der Waals surface area (Å²) in [6.45, 7) is 5.40. The number of halogens is 1. The predicted molar refractivity (Wildman–Crippen MR) is 118 cm³/mol. The van der Waals surface area contributed by atoms with Crippen LogP contribution in [0.4, 0.5) is 0 Å². The van der Waals surface area contributed by atoms with Crippen molar-refractivity contribution in [1.82, 2.24) is 0 Å². The summed E-state index contributed by atoms with van der Waals surface area (Å²) >= 11 is 6.00. The molecule has 4 nitrogen and oxygen atoms in total. The van der Waals surface area contributed by atoms with Gasteiger partial charge < -0.3 is 14.6 Å². The van der Waals surface area contributed by atoms with Gasteiger partial charge in [0.05, 0.1) is 18.8 Å². The number of aliphatic hydroxyl groups is 1. The molecule has 2 aromatic rings. The maximum Gasteiger partial charge on any atom is 0.167 e. The van der Waals surface area contributed by atoms with Crippen molar-refractivity contribution in [1.29, 1.82) is 0 Å². The highest BCUT2D eigenvalue weighted by atomic mass is 35.5. The van der Waals surface area contributed by atoms with Gasteiger partial charge in [-0.1, -0.05) is 42.8 Å². The van der Waals surface area contributed by atoms with Crippen molar-refractivity contribution in [3.05, 3.63) is 64.4 Å². The van der Waals surface area contributed by atoms with Crippen LogP contribution >= 0.6 is 11.6 Å². The molecule has 30 heavy (non-hydrogen) atoms. The lowest BCUT2D eigenvalue weighted by Gasteiger charge is -2.31. The number of benzene rings is 2. The Balaban J connectivity index is 1.56. The van der Waals surface area contributed by atoms with E-state index >= 15 is 0 Å². The van der Waals surface area contributed by atoms with E-state index in [0.717, 1.165) is 22.3 Å². The van der Waals surface area contributed by atoms with E-state index in [9.17, 15) is 9.90 Å². The first-order valence-electron chi connectivity index (χ1n) is 10.5. The van der Waals surface area contributed by atoms with Crippen LogP contribution in [0.25, 0.3) is 16.7 Å². The molecule has 0 radical (unpaired) electrons. The smallest absolute Gasteiger partial charge is 0.167 e. The number of Topliss-reactive ketones (excluding diaryl/α,β-unsaturated/α-hetero) is 1. The number of allylic oxidation sites excluding steroid dienone is 2. The number of carbonyl (C=O) groups is 1. The molecule has 158 valence electrons. The van der Waals surface area contributed by atoms with Gasteiger partial charge in [-0.3, -0.25) is 4.79 Å². The number of ketones is 1. The molecule has 0 aromatic heterocycles. The summed E-state index contributed by atoms with van der Waals surface area (Å²) in [5.41, 5.74) is 4.21. The van der Waals surface area contributed by atoms with E-state index in [0.29, 0.717) is 49.0 Å². The molecule has 1 saturated heterocycles. The Morgan fingerprint density at radius 1 is 1.03 bits per heavy atom. The van der Waals surface area contributed by atoms with Gasteiger partial charge in [0.15, 0.2) is 12.1 Å². The average molecular weight is 427 g/mol. The van der Waals surface area contributed by atoms with Crippen molar-refractivity contribution in [2.75, 3.05) is 13.2 Å². The lowest BCUT2D eigenvalue weighted by Crippen LogP contribution is -2.33. The Bertz CT molecular complexity index is 956. The number of ether oxygens (including phenoxy) is 2. The first-order valence-corrected chi connectivity index (χ1v) is 10.8. The fourth-order valence-corrected chi connectivity index (χ4v) is 4.33. The summed E-state index contributed by atoms with van der Waals surface area (Å²) in [5, 5.41) is 11.5. The molecule has 0 bridgehead atoms. The van der Waals surface area contributed by atoms with Gasteiger partial charge in [-0.05, 0) is 53.3 Å². The van der Waals surface area contributed by atoms with Crippen molar-refractivity contribution < 1.29 is 19.4 Å². The first-order chi connectivity index (χ1) is 14.4. The quantitative estimate of drug-likeness (QED) is 0.655. The minimum absolute atomic E-state index is 0.0238. The Hall–Kier alpha value is -2.14. The van der Waals surface area contributed by atoms with Crippen LogP contribution in [0.15, 0.2) is 48.2 Å². The van der Waals surface area contributed by atoms with Crippen molar-refractivity contribution in [3.63, 3.8) is 0 Å². The fraction of sp³-hybridized carbons (Fsp3) is 0.400. The van der Waals surface area contributed by atoms with Crippen molar-refractivity contribution >= 4 is 23.0 Å². The SMILES string of the molecule is Cc1ccc(-c2ccc(Cl)cc2)cc1C1=C(O)CC(CC2OCC(C)CO2)CC1=O. The fourth-order valence-electron chi connectivity index (χ4n) is 4.21. The highest BCUT2D eigenvalue weighted by Crippen LogP contribution is 2.37. The molecule has 1 N–H and O–H groups in total. The van der Waals surface area contributed by atoms with E-state index in [1.54, 1.807) is 0 Å². The van der Waals surface area contributed by atoms with E-state index in [1.165, 1.54) is 0 Å². The summed E-state index contributed by atoms with van der Waals surface area (Å²) in [7, 11) is 0. The number of carbonyl (C=O) groups excluding carboxylic acids is 1. The van der Waals surface area contributed by atoms with Crippen LogP contribution in [0.3, 0.4) is 0 Å².